The van der Waals surface area contributed by atoms with Crippen LogP contribution in [0.4, 0.5) is 5.82 Å². The molecule has 0 unspecified atom stereocenters. The highest BCUT2D eigenvalue weighted by Crippen LogP contribution is 2.42. The molecule has 0 atom stereocenters. The monoisotopic (exact) mass is 550 g/mol. The lowest BCUT2D eigenvalue weighted by molar-refractivity contribution is -0.127. The van der Waals surface area contributed by atoms with Crippen molar-refractivity contribution in [3.63, 3.8) is 0 Å². The maximum atomic E-state index is 12.0. The number of piperidine rings is 1. The van der Waals surface area contributed by atoms with Crippen LogP contribution in [0.2, 0.25) is 0 Å². The molecule has 0 spiro atoms. The Hall–Kier alpha value is -5.19. The van der Waals surface area contributed by atoms with Gasteiger partial charge >= 0.3 is 0 Å². The Bertz CT molecular complexity index is 1730. The number of hydrogen-bond acceptors (Lipinski definition) is 8. The number of fused-ring (bicyclic) bond motifs is 1. The Kier molecular flexibility index (Phi) is 6.84. The molecule has 1 aliphatic heterocycles. The highest BCUT2D eigenvalue weighted by atomic mass is 16.5. The van der Waals surface area contributed by atoms with E-state index < -0.39 is 0 Å². The first-order valence-electron chi connectivity index (χ1n) is 13.3. The summed E-state index contributed by atoms with van der Waals surface area (Å²) in [7, 11) is 3.53. The van der Waals surface area contributed by atoms with Crippen LogP contribution in [-0.2, 0) is 11.8 Å². The van der Waals surface area contributed by atoms with Crippen molar-refractivity contribution in [1.29, 1.82) is 0 Å². The van der Waals surface area contributed by atoms with Crippen molar-refractivity contribution >= 4 is 22.8 Å². The molecule has 1 aliphatic rings. The van der Waals surface area contributed by atoms with Crippen molar-refractivity contribution in [3.05, 3.63) is 73.8 Å². The van der Waals surface area contributed by atoms with Crippen molar-refractivity contribution in [1.82, 2.24) is 34.2 Å². The molecule has 5 aromatic rings. The normalized spacial score (nSPS) is 13.9. The van der Waals surface area contributed by atoms with E-state index >= 15 is 0 Å². The van der Waals surface area contributed by atoms with E-state index in [1.807, 2.05) is 57.7 Å². The average Bonchev–Trinajstić information content (AvgIpc) is 3.61. The molecule has 1 amide bonds. The molecule has 5 heterocycles. The summed E-state index contributed by atoms with van der Waals surface area (Å²) < 4.78 is 15.2. The molecule has 41 heavy (non-hydrogen) atoms. The van der Waals surface area contributed by atoms with Crippen LogP contribution >= 0.6 is 0 Å². The summed E-state index contributed by atoms with van der Waals surface area (Å²) in [5.74, 6) is 1.92. The van der Waals surface area contributed by atoms with Gasteiger partial charge in [0.1, 0.15) is 23.5 Å². The Labute approximate surface area is 236 Å². The van der Waals surface area contributed by atoms with Crippen molar-refractivity contribution < 1.29 is 14.3 Å². The molecule has 208 valence electrons. The number of aryl methyl sites for hydroxylation is 1. The molecule has 2 N–H and O–H groups in total. The topological polar surface area (TPSA) is 126 Å². The number of carbonyl (C=O) groups is 1. The Morgan fingerprint density at radius 3 is 2.56 bits per heavy atom. The largest absolute Gasteiger partial charge is 0.481 e. The lowest BCUT2D eigenvalue weighted by Gasteiger charge is -2.31. The number of nitrogens with zero attached hydrogens (tertiary/aromatic N) is 7. The molecular formula is C30H30N8O3. The van der Waals surface area contributed by atoms with E-state index in [1.54, 1.807) is 19.2 Å². The van der Waals surface area contributed by atoms with Crippen LogP contribution in [-0.4, -0.2) is 60.3 Å². The number of anilines is 1. The molecule has 0 aliphatic carbocycles. The summed E-state index contributed by atoms with van der Waals surface area (Å²) in [5, 5.41) is 5.50. The first kappa shape index (κ1) is 26.1. The number of rotatable bonds is 7. The van der Waals surface area contributed by atoms with Gasteiger partial charge in [-0.2, -0.15) is 10.1 Å². The number of carbonyl (C=O) groups excluding carboxylic acids is 1. The lowest BCUT2D eigenvalue weighted by Crippen LogP contribution is -2.38. The van der Waals surface area contributed by atoms with Gasteiger partial charge in [0.25, 0.3) is 0 Å². The Balaban J connectivity index is 1.35. The summed E-state index contributed by atoms with van der Waals surface area (Å²) in [6, 6.07) is 13.3. The molecule has 1 aromatic carbocycles. The molecule has 6 rings (SSSR count). The third-order valence-corrected chi connectivity index (χ3v) is 7.47. The van der Waals surface area contributed by atoms with Gasteiger partial charge in [-0.15, -0.1) is 0 Å². The zero-order valence-electron chi connectivity index (χ0n) is 22.9. The number of ether oxygens (including phenoxy) is 2. The van der Waals surface area contributed by atoms with Crippen LogP contribution in [0.3, 0.4) is 0 Å². The van der Waals surface area contributed by atoms with Gasteiger partial charge in [-0.05, 0) is 36.6 Å². The van der Waals surface area contributed by atoms with E-state index in [2.05, 4.69) is 27.7 Å². The van der Waals surface area contributed by atoms with Gasteiger partial charge in [-0.25, -0.2) is 9.97 Å². The van der Waals surface area contributed by atoms with E-state index in [1.165, 1.54) is 12.4 Å². The smallest absolute Gasteiger partial charge is 0.245 e. The van der Waals surface area contributed by atoms with Crippen molar-refractivity contribution in [2.45, 2.75) is 18.9 Å². The minimum Gasteiger partial charge on any atom is -0.481 e. The van der Waals surface area contributed by atoms with E-state index in [0.717, 1.165) is 46.3 Å². The van der Waals surface area contributed by atoms with Gasteiger partial charge in [0.05, 0.1) is 30.4 Å². The van der Waals surface area contributed by atoms with Gasteiger partial charge in [-0.3, -0.25) is 9.48 Å². The highest BCUT2D eigenvalue weighted by molar-refractivity contribution is 6.07. The molecule has 0 radical (unpaired) electrons. The Morgan fingerprint density at radius 2 is 1.83 bits per heavy atom. The first-order chi connectivity index (χ1) is 20.0. The van der Waals surface area contributed by atoms with E-state index in [9.17, 15) is 4.79 Å². The molecule has 0 saturated carbocycles. The molecule has 11 nitrogen and oxygen atoms in total. The van der Waals surface area contributed by atoms with Gasteiger partial charge in [0.15, 0.2) is 0 Å². The fourth-order valence-corrected chi connectivity index (χ4v) is 5.41. The first-order valence-corrected chi connectivity index (χ1v) is 13.3. The van der Waals surface area contributed by atoms with Crippen molar-refractivity contribution in [2.24, 2.45) is 7.05 Å². The zero-order chi connectivity index (χ0) is 28.5. The average molecular weight is 551 g/mol. The number of nitrogen functional groups attached to an aromatic ring is 1. The highest BCUT2D eigenvalue weighted by Gasteiger charge is 2.26. The summed E-state index contributed by atoms with van der Waals surface area (Å²) in [6.45, 7) is 4.95. The molecule has 0 bridgehead atoms. The van der Waals surface area contributed by atoms with Crippen molar-refractivity contribution in [2.75, 3.05) is 25.9 Å². The number of methoxy groups -OCH3 is 1. The number of pyridine rings is 1. The number of aromatic nitrogens is 6. The molecule has 4 aromatic heterocycles. The summed E-state index contributed by atoms with van der Waals surface area (Å²) in [5.41, 5.74) is 10.9. The van der Waals surface area contributed by atoms with E-state index in [-0.39, 0.29) is 11.9 Å². The lowest BCUT2D eigenvalue weighted by atomic mass is 10.00. The maximum Gasteiger partial charge on any atom is 0.245 e. The molecule has 11 heteroatoms. The minimum atomic E-state index is -0.0281. The second-order valence-electron chi connectivity index (χ2n) is 9.85. The number of likely N-dealkylation sites (tertiary alicyclic amines) is 1. The number of benzene rings is 1. The van der Waals surface area contributed by atoms with Gasteiger partial charge < -0.3 is 24.7 Å². The number of amides is 1. The van der Waals surface area contributed by atoms with Crippen LogP contribution < -0.4 is 15.2 Å². The van der Waals surface area contributed by atoms with Gasteiger partial charge in [0, 0.05) is 49.6 Å². The summed E-state index contributed by atoms with van der Waals surface area (Å²) in [4.78, 5) is 27.0. The summed E-state index contributed by atoms with van der Waals surface area (Å²) in [6.07, 6.45) is 8.43. The van der Waals surface area contributed by atoms with E-state index in [4.69, 9.17) is 20.3 Å². The fraction of sp³-hybridized carbons (Fsp3) is 0.233. The van der Waals surface area contributed by atoms with Gasteiger partial charge in [-0.1, -0.05) is 24.8 Å². The molecule has 1 saturated heterocycles. The van der Waals surface area contributed by atoms with Crippen LogP contribution in [0.25, 0.3) is 33.4 Å². The van der Waals surface area contributed by atoms with Crippen LogP contribution in [0.15, 0.2) is 73.8 Å². The minimum absolute atomic E-state index is 0.0281. The van der Waals surface area contributed by atoms with Crippen molar-refractivity contribution in [3.8, 4) is 39.9 Å². The second-order valence-corrected chi connectivity index (χ2v) is 9.85. The molecular weight excluding hydrogens is 520 g/mol. The van der Waals surface area contributed by atoms with Crippen LogP contribution in [0, 0.1) is 0 Å². The predicted octanol–water partition coefficient (Wildman–Crippen LogP) is 4.63. The standard InChI is InChI=1S/C30H30N8O3/c1-4-25(39)37-14-12-21(13-15-37)38-17-20(16-34-38)28-26(27-29(31)32-18-33-30(27)36(28)2)19-8-10-22(11-9-19)41-24-7-5-6-23(35-24)40-3/h4-11,16-18,21H,1,12-15H2,2-3H3,(H2,31,32,33). The van der Waals surface area contributed by atoms with Gasteiger partial charge in [0.2, 0.25) is 17.7 Å². The SMILES string of the molecule is C=CC(=O)N1CCC(n2cc(-c3c(-c4ccc(Oc5cccc(OC)n5)cc4)c4c(N)ncnc4n3C)cn2)CC1. The predicted molar refractivity (Wildman–Crippen MR) is 155 cm³/mol. The fourth-order valence-electron chi connectivity index (χ4n) is 5.41. The Morgan fingerprint density at radius 1 is 1.07 bits per heavy atom. The maximum absolute atomic E-state index is 12.0. The van der Waals surface area contributed by atoms with E-state index in [0.29, 0.717) is 36.4 Å². The number of hydrogen-bond donors (Lipinski definition) is 1. The third kappa shape index (κ3) is 4.86. The quantitative estimate of drug-likeness (QED) is 0.291. The zero-order valence-corrected chi connectivity index (χ0v) is 22.9. The van der Waals surface area contributed by atoms with Crippen LogP contribution in [0.5, 0.6) is 17.5 Å². The number of nitrogens with two attached hydrogens (primary N) is 1. The summed E-state index contributed by atoms with van der Waals surface area (Å²) >= 11 is 0. The second kappa shape index (κ2) is 10.8. The third-order valence-electron chi connectivity index (χ3n) is 7.47. The van der Waals surface area contributed by atoms with Crippen LogP contribution in [0.1, 0.15) is 18.9 Å². The molecule has 1 fully saturated rings.